The van der Waals surface area contributed by atoms with Crippen LogP contribution in [0.25, 0.3) is 11.4 Å². The fourth-order valence-electron chi connectivity index (χ4n) is 1.93. The third-order valence-corrected chi connectivity index (χ3v) is 2.89. The average Bonchev–Trinajstić information content (AvgIpc) is 2.70. The van der Waals surface area contributed by atoms with Gasteiger partial charge in [0.05, 0.1) is 12.7 Å². The molecular formula is C13H10N2O5. The lowest BCUT2D eigenvalue weighted by molar-refractivity contribution is -0.161. The number of methoxy groups -OCH3 is 1. The lowest BCUT2D eigenvalue weighted by Gasteiger charge is -2.10. The van der Waals surface area contributed by atoms with Gasteiger partial charge in [0.25, 0.3) is 0 Å². The number of esters is 1. The molecule has 0 unspecified atom stereocenters. The quantitative estimate of drug-likeness (QED) is 0.593. The Morgan fingerprint density at radius 2 is 1.95 bits per heavy atom. The summed E-state index contributed by atoms with van der Waals surface area (Å²) in [6.07, 6.45) is 0. The molecule has 102 valence electrons. The van der Waals surface area contributed by atoms with Crippen LogP contribution in [0.2, 0.25) is 0 Å². The molecule has 0 fully saturated rings. The van der Waals surface area contributed by atoms with Crippen molar-refractivity contribution in [2.75, 3.05) is 7.11 Å². The molecule has 0 saturated heterocycles. The summed E-state index contributed by atoms with van der Waals surface area (Å²) in [5.74, 6) is -1.25. The molecular weight excluding hydrogens is 264 g/mol. The topological polar surface area (TPSA) is 79.7 Å². The third-order valence-electron chi connectivity index (χ3n) is 2.89. The van der Waals surface area contributed by atoms with Gasteiger partial charge in [-0.1, -0.05) is 12.1 Å². The molecule has 7 nitrogen and oxygen atoms in total. The predicted octanol–water partition coefficient (Wildman–Crippen LogP) is 0.741. The molecule has 0 aliphatic carbocycles. The molecule has 0 radical (unpaired) electrons. The summed E-state index contributed by atoms with van der Waals surface area (Å²) in [4.78, 5) is 31.8. The minimum Gasteiger partial charge on any atom is -0.496 e. The Kier molecular flexibility index (Phi) is 2.67. The number of imidazole rings is 1. The molecule has 3 rings (SSSR count). The second-order valence-corrected chi connectivity index (χ2v) is 4.09. The van der Waals surface area contributed by atoms with Crippen LogP contribution < -0.4 is 14.3 Å². The molecule has 0 N–H and O–H groups in total. The maximum Gasteiger partial charge on any atom is 0.442 e. The van der Waals surface area contributed by atoms with E-state index in [1.165, 1.54) is 11.8 Å². The molecule has 2 aromatic rings. The molecule has 1 aromatic carbocycles. The van der Waals surface area contributed by atoms with Crippen LogP contribution in [0.1, 0.15) is 5.69 Å². The molecule has 2 bridgehead atoms. The summed E-state index contributed by atoms with van der Waals surface area (Å²) in [6, 6.07) is 7.12. The molecule has 20 heavy (non-hydrogen) atoms. The van der Waals surface area contributed by atoms with Crippen molar-refractivity contribution in [1.82, 2.24) is 9.71 Å². The minimum absolute atomic E-state index is 0.0433. The van der Waals surface area contributed by atoms with Gasteiger partial charge in [0.15, 0.2) is 5.82 Å². The van der Waals surface area contributed by atoms with Gasteiger partial charge in [-0.2, -0.15) is 9.71 Å². The van der Waals surface area contributed by atoms with Crippen molar-refractivity contribution in [3.8, 4) is 23.0 Å². The Labute approximate surface area is 113 Å². The van der Waals surface area contributed by atoms with Crippen molar-refractivity contribution in [2.45, 2.75) is 6.92 Å². The van der Waals surface area contributed by atoms with Crippen LogP contribution in [-0.2, 0) is 9.59 Å². The summed E-state index contributed by atoms with van der Waals surface area (Å²) in [5, 5.41) is 0. The van der Waals surface area contributed by atoms with E-state index >= 15 is 0 Å². The van der Waals surface area contributed by atoms with Crippen molar-refractivity contribution < 1.29 is 23.9 Å². The maximum absolute atomic E-state index is 11.4. The SMILES string of the molecule is COc1ccccc1-c1nc2c(C)n1OC(=O)C(=O)O2. The van der Waals surface area contributed by atoms with Gasteiger partial charge < -0.3 is 14.3 Å². The van der Waals surface area contributed by atoms with Crippen molar-refractivity contribution in [3.63, 3.8) is 0 Å². The Hall–Kier alpha value is -2.83. The Bertz CT molecular complexity index is 720. The molecule has 1 aliphatic heterocycles. The van der Waals surface area contributed by atoms with Crippen LogP contribution in [0.3, 0.4) is 0 Å². The maximum atomic E-state index is 11.4. The van der Waals surface area contributed by atoms with Gasteiger partial charge in [0, 0.05) is 0 Å². The number of carbonyl (C=O) groups excluding carboxylic acids is 2. The Balaban J connectivity index is 2.20. The highest BCUT2D eigenvalue weighted by Crippen LogP contribution is 2.33. The minimum atomic E-state index is -1.10. The fourth-order valence-corrected chi connectivity index (χ4v) is 1.93. The number of hydrogen-bond donors (Lipinski definition) is 0. The first-order valence-electron chi connectivity index (χ1n) is 5.79. The van der Waals surface area contributed by atoms with E-state index in [2.05, 4.69) is 4.98 Å². The van der Waals surface area contributed by atoms with Gasteiger partial charge in [-0.3, -0.25) is 0 Å². The molecule has 0 atom stereocenters. The van der Waals surface area contributed by atoms with Crippen LogP contribution >= 0.6 is 0 Å². The first-order valence-corrected chi connectivity index (χ1v) is 5.79. The lowest BCUT2D eigenvalue weighted by Crippen LogP contribution is -2.30. The molecule has 0 saturated carbocycles. The number of benzene rings is 1. The third kappa shape index (κ3) is 1.71. The van der Waals surface area contributed by atoms with E-state index < -0.39 is 11.9 Å². The van der Waals surface area contributed by atoms with Gasteiger partial charge in [-0.05, 0) is 19.1 Å². The van der Waals surface area contributed by atoms with E-state index in [4.69, 9.17) is 14.3 Å². The van der Waals surface area contributed by atoms with Gasteiger partial charge in [0.1, 0.15) is 11.4 Å². The van der Waals surface area contributed by atoms with Crippen LogP contribution in [0, 0.1) is 6.92 Å². The second kappa shape index (κ2) is 4.37. The molecule has 1 aliphatic rings. The van der Waals surface area contributed by atoms with E-state index in [9.17, 15) is 9.59 Å². The highest BCUT2D eigenvalue weighted by Gasteiger charge is 2.31. The highest BCUT2D eigenvalue weighted by atomic mass is 16.7. The van der Waals surface area contributed by atoms with E-state index in [0.717, 1.165) is 0 Å². The van der Waals surface area contributed by atoms with Crippen LogP contribution in [0.15, 0.2) is 24.3 Å². The first-order chi connectivity index (χ1) is 9.61. The zero-order chi connectivity index (χ0) is 14.3. The zero-order valence-electron chi connectivity index (χ0n) is 10.7. The van der Waals surface area contributed by atoms with Gasteiger partial charge in [0.2, 0.25) is 5.88 Å². The Morgan fingerprint density at radius 1 is 1.20 bits per heavy atom. The average molecular weight is 274 g/mol. The normalized spacial score (nSPS) is 13.5. The van der Waals surface area contributed by atoms with E-state index in [0.29, 0.717) is 22.8 Å². The number of fused-ring (bicyclic) bond motifs is 2. The first kappa shape index (κ1) is 12.2. The van der Waals surface area contributed by atoms with Crippen molar-refractivity contribution in [2.24, 2.45) is 0 Å². The summed E-state index contributed by atoms with van der Waals surface area (Å²) >= 11 is 0. The van der Waals surface area contributed by atoms with Gasteiger partial charge in [-0.25, -0.2) is 9.59 Å². The van der Waals surface area contributed by atoms with Crippen LogP contribution in [0.5, 0.6) is 11.6 Å². The lowest BCUT2D eigenvalue weighted by atomic mass is 10.2. The number of carbonyl (C=O) groups is 2. The van der Waals surface area contributed by atoms with E-state index in [-0.39, 0.29) is 5.88 Å². The highest BCUT2D eigenvalue weighted by molar-refractivity contribution is 6.30. The summed E-state index contributed by atoms with van der Waals surface area (Å²) < 4.78 is 11.3. The molecule has 0 spiro atoms. The number of nitrogens with zero attached hydrogens (tertiary/aromatic N) is 2. The summed E-state index contributed by atoms with van der Waals surface area (Å²) in [6.45, 7) is 1.63. The summed E-state index contributed by atoms with van der Waals surface area (Å²) in [7, 11) is 1.53. The number of ether oxygens (including phenoxy) is 2. The van der Waals surface area contributed by atoms with Gasteiger partial charge >= 0.3 is 11.9 Å². The molecule has 2 heterocycles. The molecule has 1 aromatic heterocycles. The van der Waals surface area contributed by atoms with Gasteiger partial charge in [-0.15, -0.1) is 0 Å². The molecule has 7 heteroatoms. The zero-order valence-corrected chi connectivity index (χ0v) is 10.7. The number of hydrogen-bond acceptors (Lipinski definition) is 6. The predicted molar refractivity (Wildman–Crippen MR) is 66.2 cm³/mol. The smallest absolute Gasteiger partial charge is 0.442 e. The largest absolute Gasteiger partial charge is 0.496 e. The van der Waals surface area contributed by atoms with Crippen LogP contribution in [-0.4, -0.2) is 28.8 Å². The second-order valence-electron chi connectivity index (χ2n) is 4.09. The standard InChI is InChI=1S/C13H10N2O5/c1-7-11-14-10(8-5-3-4-6-9(8)18-2)15(7)20-13(17)12(16)19-11/h3-6H,1-2H3. The number of rotatable bonds is 2. The van der Waals surface area contributed by atoms with E-state index in [1.54, 1.807) is 31.2 Å². The van der Waals surface area contributed by atoms with Crippen molar-refractivity contribution >= 4 is 11.9 Å². The Morgan fingerprint density at radius 3 is 2.70 bits per heavy atom. The molecule has 0 amide bonds. The van der Waals surface area contributed by atoms with Crippen LogP contribution in [0.4, 0.5) is 0 Å². The van der Waals surface area contributed by atoms with Crippen molar-refractivity contribution in [3.05, 3.63) is 30.0 Å². The van der Waals surface area contributed by atoms with Crippen molar-refractivity contribution in [1.29, 1.82) is 0 Å². The number of para-hydroxylation sites is 1. The number of aromatic nitrogens is 2. The van der Waals surface area contributed by atoms with E-state index in [1.807, 2.05) is 0 Å². The fraction of sp³-hybridized carbons (Fsp3) is 0.154. The monoisotopic (exact) mass is 274 g/mol. The summed E-state index contributed by atoms with van der Waals surface area (Å²) in [5.41, 5.74) is 1.04.